The minimum Gasteiger partial charge on any atom is -0.450 e. The van der Waals surface area contributed by atoms with Gasteiger partial charge in [-0.05, 0) is 62.6 Å². The highest BCUT2D eigenvalue weighted by Gasteiger charge is 2.29. The molecule has 0 spiro atoms. The standard InChI is InChI=1S/C22H27N3O3/c1-4-23-15(3)21(26)25-19-9-7-6-8-16(19)10-11-17-12-13-18(14-20(17)25)24-22(27)28-5-2/h6-9,12-15,23H,4-5,10-11H2,1-3H3,(H,24,27). The van der Waals surface area contributed by atoms with Crippen molar-refractivity contribution in [1.82, 2.24) is 5.32 Å². The number of ether oxygens (including phenoxy) is 1. The Hall–Kier alpha value is -2.86. The predicted molar refractivity (Wildman–Crippen MR) is 111 cm³/mol. The maximum Gasteiger partial charge on any atom is 0.411 e. The molecule has 0 aromatic heterocycles. The van der Waals surface area contributed by atoms with E-state index in [0.29, 0.717) is 18.8 Å². The van der Waals surface area contributed by atoms with Crippen molar-refractivity contribution in [1.29, 1.82) is 0 Å². The third kappa shape index (κ3) is 4.17. The quantitative estimate of drug-likeness (QED) is 0.821. The third-order valence-electron chi connectivity index (χ3n) is 4.85. The first-order valence-corrected chi connectivity index (χ1v) is 9.77. The Kier molecular flexibility index (Phi) is 6.31. The number of rotatable bonds is 5. The van der Waals surface area contributed by atoms with Crippen molar-refractivity contribution >= 4 is 29.1 Å². The number of carbonyl (C=O) groups is 2. The zero-order chi connectivity index (χ0) is 20.1. The van der Waals surface area contributed by atoms with Gasteiger partial charge in [0.1, 0.15) is 0 Å². The van der Waals surface area contributed by atoms with E-state index in [1.54, 1.807) is 11.8 Å². The van der Waals surface area contributed by atoms with Gasteiger partial charge in [-0.2, -0.15) is 0 Å². The number of aryl methyl sites for hydroxylation is 2. The highest BCUT2D eigenvalue weighted by molar-refractivity contribution is 6.05. The number of fused-ring (bicyclic) bond motifs is 2. The van der Waals surface area contributed by atoms with Gasteiger partial charge in [0.25, 0.3) is 0 Å². The van der Waals surface area contributed by atoms with Crippen molar-refractivity contribution in [3.8, 4) is 0 Å². The van der Waals surface area contributed by atoms with E-state index in [4.69, 9.17) is 4.74 Å². The number of hydrogen-bond donors (Lipinski definition) is 2. The molecule has 1 aliphatic rings. The highest BCUT2D eigenvalue weighted by Crippen LogP contribution is 2.38. The minimum absolute atomic E-state index is 0.0225. The van der Waals surface area contributed by atoms with E-state index in [2.05, 4.69) is 16.7 Å². The van der Waals surface area contributed by atoms with Gasteiger partial charge in [-0.1, -0.05) is 31.2 Å². The van der Waals surface area contributed by atoms with Gasteiger partial charge in [0, 0.05) is 5.69 Å². The van der Waals surface area contributed by atoms with Crippen LogP contribution in [-0.4, -0.2) is 31.2 Å². The van der Waals surface area contributed by atoms with E-state index in [9.17, 15) is 9.59 Å². The van der Waals surface area contributed by atoms with Crippen LogP contribution in [0.5, 0.6) is 0 Å². The Balaban J connectivity index is 2.06. The summed E-state index contributed by atoms with van der Waals surface area (Å²) in [5.41, 5.74) is 4.50. The second-order valence-corrected chi connectivity index (χ2v) is 6.77. The fraction of sp³-hybridized carbons (Fsp3) is 0.364. The van der Waals surface area contributed by atoms with Gasteiger partial charge in [0.15, 0.2) is 0 Å². The number of amides is 2. The van der Waals surface area contributed by atoms with Gasteiger partial charge < -0.3 is 10.1 Å². The van der Waals surface area contributed by atoms with Gasteiger partial charge in [0.2, 0.25) is 5.91 Å². The van der Waals surface area contributed by atoms with Gasteiger partial charge in [-0.15, -0.1) is 0 Å². The predicted octanol–water partition coefficient (Wildman–Crippen LogP) is 4.02. The van der Waals surface area contributed by atoms with E-state index >= 15 is 0 Å². The van der Waals surface area contributed by atoms with Crippen LogP contribution in [0.4, 0.5) is 21.9 Å². The first-order chi connectivity index (χ1) is 13.5. The first-order valence-electron chi connectivity index (χ1n) is 9.77. The monoisotopic (exact) mass is 381 g/mol. The maximum absolute atomic E-state index is 13.4. The Labute approximate surface area is 165 Å². The molecule has 2 aromatic carbocycles. The van der Waals surface area contributed by atoms with Crippen LogP contribution in [0.3, 0.4) is 0 Å². The molecule has 0 fully saturated rings. The Morgan fingerprint density at radius 2 is 1.79 bits per heavy atom. The lowest BCUT2D eigenvalue weighted by atomic mass is 10.0. The Morgan fingerprint density at radius 1 is 1.07 bits per heavy atom. The molecule has 0 saturated heterocycles. The smallest absolute Gasteiger partial charge is 0.411 e. The van der Waals surface area contributed by atoms with Gasteiger partial charge in [0.05, 0.1) is 24.0 Å². The number of para-hydroxylation sites is 1. The summed E-state index contributed by atoms with van der Waals surface area (Å²) in [4.78, 5) is 27.0. The number of likely N-dealkylation sites (N-methyl/N-ethyl adjacent to an activating group) is 1. The van der Waals surface area contributed by atoms with Crippen LogP contribution in [0.25, 0.3) is 0 Å². The molecule has 0 saturated carbocycles. The summed E-state index contributed by atoms with van der Waals surface area (Å²) < 4.78 is 4.97. The lowest BCUT2D eigenvalue weighted by Gasteiger charge is -2.28. The summed E-state index contributed by atoms with van der Waals surface area (Å²) in [5, 5.41) is 5.94. The van der Waals surface area contributed by atoms with E-state index in [1.807, 2.05) is 50.2 Å². The minimum atomic E-state index is -0.504. The number of nitrogens with zero attached hydrogens (tertiary/aromatic N) is 1. The van der Waals surface area contributed by atoms with Gasteiger partial charge in [-0.25, -0.2) is 4.79 Å². The molecule has 3 rings (SSSR count). The number of hydrogen-bond acceptors (Lipinski definition) is 4. The lowest BCUT2D eigenvalue weighted by molar-refractivity contribution is -0.119. The molecule has 0 radical (unpaired) electrons. The van der Waals surface area contributed by atoms with Crippen LogP contribution >= 0.6 is 0 Å². The van der Waals surface area contributed by atoms with Crippen molar-refractivity contribution in [2.75, 3.05) is 23.4 Å². The van der Waals surface area contributed by atoms with E-state index in [1.165, 1.54) is 0 Å². The summed E-state index contributed by atoms with van der Waals surface area (Å²) in [7, 11) is 0. The van der Waals surface area contributed by atoms with Crippen LogP contribution < -0.4 is 15.5 Å². The maximum atomic E-state index is 13.4. The normalized spacial score (nSPS) is 13.8. The molecule has 1 unspecified atom stereocenters. The van der Waals surface area contributed by atoms with Crippen LogP contribution in [0, 0.1) is 0 Å². The zero-order valence-electron chi connectivity index (χ0n) is 16.6. The fourth-order valence-corrected chi connectivity index (χ4v) is 3.51. The van der Waals surface area contributed by atoms with Gasteiger partial charge in [-0.3, -0.25) is 15.0 Å². The molecule has 1 atom stereocenters. The topological polar surface area (TPSA) is 70.7 Å². The van der Waals surface area contributed by atoms with Crippen molar-refractivity contribution in [2.24, 2.45) is 0 Å². The van der Waals surface area contributed by atoms with Crippen LogP contribution in [0.15, 0.2) is 42.5 Å². The van der Waals surface area contributed by atoms with Crippen LogP contribution in [-0.2, 0) is 22.4 Å². The van der Waals surface area contributed by atoms with E-state index < -0.39 is 6.09 Å². The molecule has 1 heterocycles. The Morgan fingerprint density at radius 3 is 2.50 bits per heavy atom. The number of benzene rings is 2. The van der Waals surface area contributed by atoms with E-state index in [0.717, 1.165) is 35.3 Å². The molecule has 6 heteroatoms. The van der Waals surface area contributed by atoms with Crippen LogP contribution in [0.1, 0.15) is 31.9 Å². The fourth-order valence-electron chi connectivity index (χ4n) is 3.51. The number of carbonyl (C=O) groups excluding carboxylic acids is 2. The summed E-state index contributed by atoms with van der Waals surface area (Å²) in [6.07, 6.45) is 1.17. The summed E-state index contributed by atoms with van der Waals surface area (Å²) in [5.74, 6) is -0.0225. The highest BCUT2D eigenvalue weighted by atomic mass is 16.5. The average Bonchev–Trinajstić information content (AvgIpc) is 2.84. The first kappa shape index (κ1) is 19.9. The molecule has 6 nitrogen and oxygen atoms in total. The molecule has 0 bridgehead atoms. The SMILES string of the molecule is CCNC(C)C(=O)N1c2ccccc2CCc2ccc(NC(=O)OCC)cc21. The second-order valence-electron chi connectivity index (χ2n) is 6.77. The van der Waals surface area contributed by atoms with Gasteiger partial charge >= 0.3 is 6.09 Å². The van der Waals surface area contributed by atoms with Crippen molar-refractivity contribution in [3.05, 3.63) is 53.6 Å². The molecule has 2 N–H and O–H groups in total. The molecular weight excluding hydrogens is 354 g/mol. The summed E-state index contributed by atoms with van der Waals surface area (Å²) in [6.45, 7) is 6.62. The number of nitrogens with one attached hydrogen (secondary N) is 2. The van der Waals surface area contributed by atoms with E-state index in [-0.39, 0.29) is 11.9 Å². The summed E-state index contributed by atoms with van der Waals surface area (Å²) >= 11 is 0. The Bertz CT molecular complexity index is 866. The third-order valence-corrected chi connectivity index (χ3v) is 4.85. The number of anilines is 3. The molecule has 28 heavy (non-hydrogen) atoms. The lowest BCUT2D eigenvalue weighted by Crippen LogP contribution is -2.43. The largest absolute Gasteiger partial charge is 0.450 e. The molecule has 2 aromatic rings. The molecule has 148 valence electrons. The molecule has 0 aliphatic carbocycles. The van der Waals surface area contributed by atoms with Crippen molar-refractivity contribution in [3.63, 3.8) is 0 Å². The average molecular weight is 381 g/mol. The molecular formula is C22H27N3O3. The zero-order valence-corrected chi connectivity index (χ0v) is 16.6. The second kappa shape index (κ2) is 8.89. The summed E-state index contributed by atoms with van der Waals surface area (Å²) in [6, 6.07) is 13.3. The van der Waals surface area contributed by atoms with Crippen molar-refractivity contribution in [2.45, 2.75) is 39.7 Å². The molecule has 2 amide bonds. The molecule has 1 aliphatic heterocycles. The van der Waals surface area contributed by atoms with Crippen molar-refractivity contribution < 1.29 is 14.3 Å². The van der Waals surface area contributed by atoms with Crippen LogP contribution in [0.2, 0.25) is 0 Å².